The zero-order valence-electron chi connectivity index (χ0n) is 21.0. The summed E-state index contributed by atoms with van der Waals surface area (Å²) in [5, 5.41) is 21.2. The number of carboxylic acids is 1. The third-order valence-corrected chi connectivity index (χ3v) is 6.52. The Morgan fingerprint density at radius 3 is 2.41 bits per heavy atom. The number of rotatable bonds is 9. The summed E-state index contributed by atoms with van der Waals surface area (Å²) in [5.41, 5.74) is 3.64. The van der Waals surface area contributed by atoms with Gasteiger partial charge in [0.05, 0.1) is 12.8 Å². The number of benzene rings is 1. The number of anilines is 1. The molecule has 10 heteroatoms. The number of hydrogen-bond donors (Lipinski definition) is 3. The number of hydrogen-bond acceptors (Lipinski definition) is 8. The molecule has 2 aromatic heterocycles. The van der Waals surface area contributed by atoms with Crippen LogP contribution in [-0.4, -0.2) is 63.8 Å². The number of aromatic nitrogens is 3. The molecule has 0 unspecified atom stereocenters. The van der Waals surface area contributed by atoms with Crippen molar-refractivity contribution in [1.82, 2.24) is 20.3 Å². The summed E-state index contributed by atoms with van der Waals surface area (Å²) < 4.78 is 5.12. The Kier molecular flexibility index (Phi) is 8.17. The number of nitrogens with zero attached hydrogens (tertiary/aromatic N) is 4. The lowest BCUT2D eigenvalue weighted by Crippen LogP contribution is -2.34. The zero-order valence-corrected chi connectivity index (χ0v) is 21.0. The molecule has 0 aliphatic carbocycles. The van der Waals surface area contributed by atoms with Crippen LogP contribution in [0.15, 0.2) is 42.6 Å². The first-order chi connectivity index (χ1) is 17.8. The fourth-order valence-corrected chi connectivity index (χ4v) is 4.46. The highest BCUT2D eigenvalue weighted by atomic mass is 16.5. The number of nitrogens with one attached hydrogen (secondary N) is 1. The summed E-state index contributed by atoms with van der Waals surface area (Å²) in [5.74, 6) is -0.795. The molecular formula is C27H31N5O5. The second-order valence-electron chi connectivity index (χ2n) is 9.19. The molecule has 10 nitrogen and oxygen atoms in total. The van der Waals surface area contributed by atoms with Gasteiger partial charge in [0.15, 0.2) is 11.4 Å². The summed E-state index contributed by atoms with van der Waals surface area (Å²) in [4.78, 5) is 38.2. The van der Waals surface area contributed by atoms with E-state index in [9.17, 15) is 14.7 Å². The molecule has 1 aliphatic heterocycles. The smallest absolute Gasteiger partial charge is 0.322 e. The molecule has 0 atom stereocenters. The van der Waals surface area contributed by atoms with Crippen LogP contribution < -0.4 is 15.0 Å². The van der Waals surface area contributed by atoms with Crippen molar-refractivity contribution < 1.29 is 24.5 Å². The second-order valence-corrected chi connectivity index (χ2v) is 9.19. The number of piperidine rings is 1. The SMILES string of the molecule is COc1ccc(Cc2ccc(N3CCC(Cc4nc(C)c(O)c(C(=O)NCC(=O)O)n4)CC3)cc2)cn1. The normalized spacial score (nSPS) is 13.8. The van der Waals surface area contributed by atoms with Gasteiger partial charge in [-0.05, 0) is 55.4 Å². The highest BCUT2D eigenvalue weighted by Crippen LogP contribution is 2.27. The van der Waals surface area contributed by atoms with Crippen LogP contribution >= 0.6 is 0 Å². The molecule has 0 spiro atoms. The Bertz CT molecular complexity index is 1240. The average molecular weight is 506 g/mol. The van der Waals surface area contributed by atoms with E-state index < -0.39 is 18.4 Å². The maximum atomic E-state index is 12.3. The van der Waals surface area contributed by atoms with Gasteiger partial charge in [0.2, 0.25) is 5.88 Å². The second kappa shape index (κ2) is 11.7. The van der Waals surface area contributed by atoms with Crippen LogP contribution in [0, 0.1) is 12.8 Å². The number of ether oxygens (including phenoxy) is 1. The molecule has 1 aliphatic rings. The van der Waals surface area contributed by atoms with E-state index in [0.717, 1.165) is 37.9 Å². The van der Waals surface area contributed by atoms with Crippen LogP contribution in [0.2, 0.25) is 0 Å². The summed E-state index contributed by atoms with van der Waals surface area (Å²) >= 11 is 0. The molecule has 0 saturated carbocycles. The van der Waals surface area contributed by atoms with E-state index in [-0.39, 0.29) is 11.4 Å². The van der Waals surface area contributed by atoms with Gasteiger partial charge in [-0.1, -0.05) is 18.2 Å². The van der Waals surface area contributed by atoms with Gasteiger partial charge < -0.3 is 25.2 Å². The summed E-state index contributed by atoms with van der Waals surface area (Å²) in [7, 11) is 1.61. The van der Waals surface area contributed by atoms with Crippen molar-refractivity contribution in [1.29, 1.82) is 0 Å². The van der Waals surface area contributed by atoms with E-state index in [0.29, 0.717) is 29.7 Å². The summed E-state index contributed by atoms with van der Waals surface area (Å²) in [6.45, 7) is 2.85. The van der Waals surface area contributed by atoms with Gasteiger partial charge in [0, 0.05) is 37.5 Å². The van der Waals surface area contributed by atoms with Crippen LogP contribution in [0.5, 0.6) is 11.6 Å². The Balaban J connectivity index is 1.32. The van der Waals surface area contributed by atoms with Crippen LogP contribution in [-0.2, 0) is 17.6 Å². The minimum Gasteiger partial charge on any atom is -0.504 e. The highest BCUT2D eigenvalue weighted by Gasteiger charge is 2.23. The van der Waals surface area contributed by atoms with E-state index in [1.807, 2.05) is 18.3 Å². The lowest BCUT2D eigenvalue weighted by atomic mass is 9.92. The van der Waals surface area contributed by atoms with Gasteiger partial charge >= 0.3 is 5.97 Å². The van der Waals surface area contributed by atoms with Gasteiger partial charge in [-0.15, -0.1) is 0 Å². The molecular weight excluding hydrogens is 474 g/mol. The molecule has 0 radical (unpaired) electrons. The van der Waals surface area contributed by atoms with E-state index in [1.54, 1.807) is 14.0 Å². The van der Waals surface area contributed by atoms with Crippen molar-refractivity contribution in [2.24, 2.45) is 5.92 Å². The lowest BCUT2D eigenvalue weighted by molar-refractivity contribution is -0.135. The van der Waals surface area contributed by atoms with Crippen LogP contribution in [0.3, 0.4) is 0 Å². The van der Waals surface area contributed by atoms with Crippen molar-refractivity contribution in [3.05, 3.63) is 70.9 Å². The van der Waals surface area contributed by atoms with Gasteiger partial charge in [0.1, 0.15) is 12.4 Å². The monoisotopic (exact) mass is 505 g/mol. The quantitative estimate of drug-likeness (QED) is 0.401. The zero-order chi connectivity index (χ0) is 26.4. The maximum absolute atomic E-state index is 12.3. The molecule has 1 aromatic carbocycles. The van der Waals surface area contributed by atoms with Gasteiger partial charge in [0.25, 0.3) is 5.91 Å². The number of aromatic hydroxyl groups is 1. The van der Waals surface area contributed by atoms with E-state index in [2.05, 4.69) is 49.4 Å². The molecule has 3 N–H and O–H groups in total. The molecule has 1 saturated heterocycles. The first-order valence-corrected chi connectivity index (χ1v) is 12.2. The number of aryl methyl sites for hydroxylation is 1. The Hall–Kier alpha value is -4.21. The molecule has 194 valence electrons. The summed E-state index contributed by atoms with van der Waals surface area (Å²) in [6.07, 6.45) is 5.12. The fraction of sp³-hybridized carbons (Fsp3) is 0.370. The van der Waals surface area contributed by atoms with Crippen LogP contribution in [0.4, 0.5) is 5.69 Å². The molecule has 4 rings (SSSR count). The van der Waals surface area contributed by atoms with E-state index >= 15 is 0 Å². The van der Waals surface area contributed by atoms with Crippen molar-refractivity contribution in [3.63, 3.8) is 0 Å². The van der Waals surface area contributed by atoms with Crippen molar-refractivity contribution in [2.45, 2.75) is 32.6 Å². The Morgan fingerprint density at radius 2 is 1.78 bits per heavy atom. The van der Waals surface area contributed by atoms with Gasteiger partial charge in [-0.3, -0.25) is 9.59 Å². The number of amides is 1. The first-order valence-electron chi connectivity index (χ1n) is 12.2. The Labute approximate surface area is 215 Å². The van der Waals surface area contributed by atoms with Gasteiger partial charge in [-0.2, -0.15) is 0 Å². The molecule has 3 aromatic rings. The predicted molar refractivity (Wildman–Crippen MR) is 137 cm³/mol. The third kappa shape index (κ3) is 6.72. The minimum absolute atomic E-state index is 0.188. The van der Waals surface area contributed by atoms with Crippen LogP contribution in [0.25, 0.3) is 0 Å². The van der Waals surface area contributed by atoms with Crippen LogP contribution in [0.1, 0.15) is 46.0 Å². The third-order valence-electron chi connectivity index (χ3n) is 6.52. The lowest BCUT2D eigenvalue weighted by Gasteiger charge is -2.33. The minimum atomic E-state index is -1.17. The van der Waals surface area contributed by atoms with Crippen molar-refractivity contribution in [2.75, 3.05) is 31.6 Å². The fourth-order valence-electron chi connectivity index (χ4n) is 4.46. The number of carbonyl (C=O) groups excluding carboxylic acids is 1. The topological polar surface area (TPSA) is 138 Å². The number of carbonyl (C=O) groups is 2. The standard InChI is InChI=1S/C27H31N5O5/c1-17-26(35)25(27(36)29-16-24(33)34)31-22(30-17)14-19-9-11-32(12-10-19)21-6-3-18(4-7-21)13-20-5-8-23(37-2)28-15-20/h3-8,15,19,35H,9-14,16H2,1-2H3,(H,29,36)(H,33,34). The van der Waals surface area contributed by atoms with Crippen molar-refractivity contribution in [3.8, 4) is 11.6 Å². The van der Waals surface area contributed by atoms with Crippen molar-refractivity contribution >= 4 is 17.6 Å². The van der Waals surface area contributed by atoms with Gasteiger partial charge in [-0.25, -0.2) is 15.0 Å². The molecule has 3 heterocycles. The number of carboxylic acid groups (broad SMARTS) is 1. The molecule has 0 bridgehead atoms. The molecule has 1 fully saturated rings. The van der Waals surface area contributed by atoms with E-state index in [4.69, 9.17) is 9.84 Å². The average Bonchev–Trinajstić information content (AvgIpc) is 2.90. The number of pyridine rings is 1. The maximum Gasteiger partial charge on any atom is 0.322 e. The Morgan fingerprint density at radius 1 is 1.08 bits per heavy atom. The highest BCUT2D eigenvalue weighted by molar-refractivity contribution is 5.96. The molecule has 1 amide bonds. The summed E-state index contributed by atoms with van der Waals surface area (Å²) in [6, 6.07) is 12.5. The number of methoxy groups -OCH3 is 1. The number of aliphatic carboxylic acids is 1. The van der Waals surface area contributed by atoms with E-state index in [1.165, 1.54) is 11.3 Å². The predicted octanol–water partition coefficient (Wildman–Crippen LogP) is 2.76. The first kappa shape index (κ1) is 25.9. The largest absolute Gasteiger partial charge is 0.504 e. The molecule has 37 heavy (non-hydrogen) atoms.